The number of aryl methyl sites for hydroxylation is 2. The minimum absolute atomic E-state index is 0.111. The van der Waals surface area contributed by atoms with Gasteiger partial charge in [-0.25, -0.2) is 18.7 Å². The van der Waals surface area contributed by atoms with Gasteiger partial charge in [0, 0.05) is 28.6 Å². The van der Waals surface area contributed by atoms with Crippen LogP contribution in [0.25, 0.3) is 17.2 Å². The number of nitrogens with one attached hydrogen (secondary N) is 1. The lowest BCUT2D eigenvalue weighted by atomic mass is 9.99. The Balaban J connectivity index is 1.81. The lowest BCUT2D eigenvalue weighted by Gasteiger charge is -2.16. The Morgan fingerprint density at radius 1 is 1.00 bits per heavy atom. The number of benzene rings is 2. The van der Waals surface area contributed by atoms with Crippen molar-refractivity contribution in [3.8, 4) is 17.2 Å². The van der Waals surface area contributed by atoms with Crippen molar-refractivity contribution < 1.29 is 13.6 Å². The average molecular weight is 464 g/mol. The first kappa shape index (κ1) is 21.3. The number of amides is 1. The molecule has 1 aliphatic rings. The largest absolute Gasteiger partial charge is 0.309 e. The highest BCUT2D eigenvalue weighted by Crippen LogP contribution is 2.46. The number of hydrogen-bond acceptors (Lipinski definition) is 5. The molecule has 1 N–H and O–H groups in total. The number of rotatable bonds is 3. The second-order valence-corrected chi connectivity index (χ2v) is 8.87. The number of thioether (sulfide) groups is 1. The van der Waals surface area contributed by atoms with E-state index in [4.69, 9.17) is 5.10 Å². The SMILES string of the molecule is Cc1cc(C)nc(-n2nc(-c3ccccc3)c3c2NC(=O)CSC3c2cc(F)cc(F)c2)n1. The Labute approximate surface area is 193 Å². The highest BCUT2D eigenvalue weighted by molar-refractivity contribution is 8.00. The van der Waals surface area contributed by atoms with Crippen molar-refractivity contribution in [2.45, 2.75) is 19.1 Å². The summed E-state index contributed by atoms with van der Waals surface area (Å²) in [6.07, 6.45) is 0. The highest BCUT2D eigenvalue weighted by Gasteiger charge is 2.33. The molecule has 1 atom stereocenters. The number of aromatic nitrogens is 4. The van der Waals surface area contributed by atoms with Crippen LogP contribution in [0.1, 0.15) is 27.8 Å². The normalized spacial score (nSPS) is 15.6. The molecule has 4 aromatic rings. The number of halogens is 2. The predicted octanol–water partition coefficient (Wildman–Crippen LogP) is 5.00. The van der Waals surface area contributed by atoms with Crippen LogP contribution in [0.4, 0.5) is 14.6 Å². The number of fused-ring (bicyclic) bond motifs is 1. The molecule has 0 radical (unpaired) electrons. The van der Waals surface area contributed by atoms with Gasteiger partial charge in [-0.15, -0.1) is 11.8 Å². The summed E-state index contributed by atoms with van der Waals surface area (Å²) in [4.78, 5) is 21.7. The van der Waals surface area contributed by atoms with Crippen LogP contribution in [0.2, 0.25) is 0 Å². The highest BCUT2D eigenvalue weighted by atomic mass is 32.2. The van der Waals surface area contributed by atoms with Crippen LogP contribution in [0.5, 0.6) is 0 Å². The third-order valence-electron chi connectivity index (χ3n) is 5.22. The van der Waals surface area contributed by atoms with Crippen LogP contribution < -0.4 is 5.32 Å². The van der Waals surface area contributed by atoms with Crippen LogP contribution in [0.3, 0.4) is 0 Å². The molecule has 0 saturated heterocycles. The first-order valence-corrected chi connectivity index (χ1v) is 11.3. The van der Waals surface area contributed by atoms with Gasteiger partial charge in [0.2, 0.25) is 5.91 Å². The summed E-state index contributed by atoms with van der Waals surface area (Å²) >= 11 is 1.29. The summed E-state index contributed by atoms with van der Waals surface area (Å²) in [5, 5.41) is 7.17. The molecule has 1 amide bonds. The fraction of sp³-hybridized carbons (Fsp3) is 0.167. The smallest absolute Gasteiger partial charge is 0.252 e. The van der Waals surface area contributed by atoms with Gasteiger partial charge in [-0.05, 0) is 37.6 Å². The van der Waals surface area contributed by atoms with Gasteiger partial charge in [-0.3, -0.25) is 4.79 Å². The topological polar surface area (TPSA) is 72.7 Å². The number of carbonyl (C=O) groups is 1. The molecule has 0 saturated carbocycles. The van der Waals surface area contributed by atoms with Gasteiger partial charge in [0.25, 0.3) is 5.95 Å². The molecule has 9 heteroatoms. The lowest BCUT2D eigenvalue weighted by molar-refractivity contribution is -0.113. The zero-order valence-corrected chi connectivity index (χ0v) is 18.7. The monoisotopic (exact) mass is 463 g/mol. The van der Waals surface area contributed by atoms with Gasteiger partial charge in [-0.2, -0.15) is 9.78 Å². The summed E-state index contributed by atoms with van der Waals surface area (Å²) in [5.74, 6) is -0.792. The summed E-state index contributed by atoms with van der Waals surface area (Å²) < 4.78 is 29.8. The molecule has 0 bridgehead atoms. The second kappa shape index (κ2) is 8.40. The number of anilines is 1. The molecule has 2 aromatic heterocycles. The average Bonchev–Trinajstić information content (AvgIpc) is 3.03. The third kappa shape index (κ3) is 4.11. The van der Waals surface area contributed by atoms with Gasteiger partial charge in [-0.1, -0.05) is 30.3 Å². The molecule has 0 fully saturated rings. The molecular weight excluding hydrogens is 444 g/mol. The van der Waals surface area contributed by atoms with Crippen LogP contribution in [-0.4, -0.2) is 31.4 Å². The van der Waals surface area contributed by atoms with Crippen molar-refractivity contribution in [3.63, 3.8) is 0 Å². The van der Waals surface area contributed by atoms with E-state index in [1.165, 1.54) is 28.6 Å². The molecule has 0 spiro atoms. The van der Waals surface area contributed by atoms with Crippen molar-refractivity contribution in [2.24, 2.45) is 0 Å². The molecule has 166 valence electrons. The first-order valence-electron chi connectivity index (χ1n) is 10.3. The molecule has 1 unspecified atom stereocenters. The van der Waals surface area contributed by atoms with Crippen LogP contribution >= 0.6 is 11.8 Å². The van der Waals surface area contributed by atoms with Crippen molar-refractivity contribution in [2.75, 3.05) is 11.1 Å². The van der Waals surface area contributed by atoms with Crippen LogP contribution in [-0.2, 0) is 4.79 Å². The summed E-state index contributed by atoms with van der Waals surface area (Å²) in [5.41, 5.74) is 3.94. The molecule has 5 rings (SSSR count). The molecule has 3 heterocycles. The molecule has 33 heavy (non-hydrogen) atoms. The lowest BCUT2D eigenvalue weighted by Crippen LogP contribution is -2.17. The van der Waals surface area contributed by atoms with Crippen molar-refractivity contribution >= 4 is 23.5 Å². The number of carbonyl (C=O) groups excluding carboxylic acids is 1. The van der Waals surface area contributed by atoms with Gasteiger partial charge in [0.05, 0.1) is 16.7 Å². The van der Waals surface area contributed by atoms with E-state index < -0.39 is 16.9 Å². The zero-order chi connectivity index (χ0) is 23.1. The maximum Gasteiger partial charge on any atom is 0.252 e. The second-order valence-electron chi connectivity index (χ2n) is 7.78. The van der Waals surface area contributed by atoms with E-state index in [1.807, 2.05) is 50.2 Å². The zero-order valence-electron chi connectivity index (χ0n) is 17.8. The third-order valence-corrected chi connectivity index (χ3v) is 6.49. The maximum atomic E-state index is 14.1. The van der Waals surface area contributed by atoms with E-state index in [1.54, 1.807) is 0 Å². The molecular formula is C24H19F2N5OS. The standard InChI is InChI=1S/C24H19F2N5OS/c1-13-8-14(2)28-24(27-13)31-23-20(21(30-31)15-6-4-3-5-7-15)22(33-12-19(32)29-23)16-9-17(25)11-18(26)10-16/h3-11,22H,12H2,1-2H3,(H,29,32). The molecule has 0 aliphatic carbocycles. The van der Waals surface area contributed by atoms with E-state index >= 15 is 0 Å². The van der Waals surface area contributed by atoms with Crippen LogP contribution in [0.15, 0.2) is 54.6 Å². The van der Waals surface area contributed by atoms with Crippen LogP contribution in [0, 0.1) is 25.5 Å². The Hall–Kier alpha value is -3.59. The van der Waals surface area contributed by atoms with Gasteiger partial charge >= 0.3 is 0 Å². The van der Waals surface area contributed by atoms with E-state index in [0.29, 0.717) is 28.6 Å². The molecule has 2 aromatic carbocycles. The van der Waals surface area contributed by atoms with E-state index in [-0.39, 0.29) is 11.7 Å². The van der Waals surface area contributed by atoms with Crippen molar-refractivity contribution in [1.29, 1.82) is 0 Å². The van der Waals surface area contributed by atoms with Crippen molar-refractivity contribution in [1.82, 2.24) is 19.7 Å². The number of hydrogen-bond donors (Lipinski definition) is 1. The summed E-state index contributed by atoms with van der Waals surface area (Å²) in [7, 11) is 0. The minimum Gasteiger partial charge on any atom is -0.309 e. The van der Waals surface area contributed by atoms with E-state index in [2.05, 4.69) is 15.3 Å². The minimum atomic E-state index is -0.679. The first-order chi connectivity index (χ1) is 15.9. The summed E-state index contributed by atoms with van der Waals surface area (Å²) in [6.45, 7) is 3.70. The Kier molecular flexibility index (Phi) is 5.41. The quantitative estimate of drug-likeness (QED) is 0.463. The van der Waals surface area contributed by atoms with E-state index in [9.17, 15) is 13.6 Å². The van der Waals surface area contributed by atoms with Gasteiger partial charge in [0.1, 0.15) is 17.5 Å². The fourth-order valence-corrected chi connectivity index (χ4v) is 5.06. The maximum absolute atomic E-state index is 14.1. The molecule has 6 nitrogen and oxygen atoms in total. The van der Waals surface area contributed by atoms with Gasteiger partial charge < -0.3 is 5.32 Å². The Morgan fingerprint density at radius 2 is 1.67 bits per heavy atom. The Morgan fingerprint density at radius 3 is 2.33 bits per heavy atom. The van der Waals surface area contributed by atoms with Gasteiger partial charge in [0.15, 0.2) is 0 Å². The summed E-state index contributed by atoms with van der Waals surface area (Å²) in [6, 6.07) is 14.7. The predicted molar refractivity (Wildman–Crippen MR) is 123 cm³/mol. The number of nitrogens with zero attached hydrogens (tertiary/aromatic N) is 4. The van der Waals surface area contributed by atoms with E-state index in [0.717, 1.165) is 23.0 Å². The fourth-order valence-electron chi connectivity index (χ4n) is 3.95. The van der Waals surface area contributed by atoms with Crippen molar-refractivity contribution in [3.05, 3.63) is 88.7 Å². The molecule has 1 aliphatic heterocycles. The Bertz CT molecular complexity index is 1330.